The Kier molecular flexibility index (Phi) is 3.29. The summed E-state index contributed by atoms with van der Waals surface area (Å²) in [6.07, 6.45) is 7.90. The largest absolute Gasteiger partial charge is 0.372 e. The number of anilines is 1. The van der Waals surface area contributed by atoms with Gasteiger partial charge in [-0.15, -0.1) is 0 Å². The first-order valence-electron chi connectivity index (χ1n) is 7.40. The fraction of sp³-hybridized carbons (Fsp3) is 0.625. The van der Waals surface area contributed by atoms with E-state index >= 15 is 0 Å². The van der Waals surface area contributed by atoms with Crippen LogP contribution in [0.25, 0.3) is 0 Å². The molecule has 3 rings (SSSR count). The Morgan fingerprint density at radius 1 is 1.06 bits per heavy atom. The van der Waals surface area contributed by atoms with Gasteiger partial charge in [0.2, 0.25) is 0 Å². The molecule has 1 aliphatic heterocycles. The van der Waals surface area contributed by atoms with Crippen LogP contribution in [0.15, 0.2) is 24.3 Å². The van der Waals surface area contributed by atoms with E-state index in [-0.39, 0.29) is 5.41 Å². The van der Waals surface area contributed by atoms with E-state index in [0.717, 1.165) is 6.54 Å². The van der Waals surface area contributed by atoms with Crippen molar-refractivity contribution in [3.63, 3.8) is 0 Å². The van der Waals surface area contributed by atoms with Gasteiger partial charge in [-0.25, -0.2) is 0 Å². The number of nitrogens with zero attached hydrogens (tertiary/aromatic N) is 1. The summed E-state index contributed by atoms with van der Waals surface area (Å²) in [5.74, 6) is 0. The lowest BCUT2D eigenvalue weighted by molar-refractivity contribution is 0.453. The van der Waals surface area contributed by atoms with Crippen molar-refractivity contribution in [3.05, 3.63) is 29.8 Å². The molecule has 2 aliphatic rings. The van der Waals surface area contributed by atoms with E-state index < -0.39 is 0 Å². The van der Waals surface area contributed by atoms with Gasteiger partial charge < -0.3 is 10.6 Å². The number of hydrogen-bond donors (Lipinski definition) is 1. The van der Waals surface area contributed by atoms with E-state index in [1.54, 1.807) is 0 Å². The number of benzene rings is 1. The average Bonchev–Trinajstić information content (AvgIpc) is 3.11. The van der Waals surface area contributed by atoms with Crippen LogP contribution in [0.3, 0.4) is 0 Å². The molecule has 1 aromatic carbocycles. The Morgan fingerprint density at radius 2 is 1.78 bits per heavy atom. The molecule has 2 nitrogen and oxygen atoms in total. The summed E-state index contributed by atoms with van der Waals surface area (Å²) in [5, 5.41) is 0. The topological polar surface area (TPSA) is 29.3 Å². The van der Waals surface area contributed by atoms with Gasteiger partial charge in [0.1, 0.15) is 0 Å². The molecule has 0 aromatic heterocycles. The van der Waals surface area contributed by atoms with E-state index in [9.17, 15) is 0 Å². The Bertz CT molecular complexity index is 401. The van der Waals surface area contributed by atoms with E-state index in [4.69, 9.17) is 5.73 Å². The van der Waals surface area contributed by atoms with Gasteiger partial charge in [-0.3, -0.25) is 0 Å². The Balaban J connectivity index is 1.89. The van der Waals surface area contributed by atoms with E-state index in [1.165, 1.54) is 62.9 Å². The third kappa shape index (κ3) is 2.03. The lowest BCUT2D eigenvalue weighted by atomic mass is 9.79. The number of nitrogens with two attached hydrogens (primary N) is 1. The van der Waals surface area contributed by atoms with Gasteiger partial charge in [0.15, 0.2) is 0 Å². The molecule has 0 unspecified atom stereocenters. The van der Waals surface area contributed by atoms with E-state index in [0.29, 0.717) is 0 Å². The van der Waals surface area contributed by atoms with Crippen LogP contribution in [0.5, 0.6) is 0 Å². The molecule has 2 N–H and O–H groups in total. The molecule has 18 heavy (non-hydrogen) atoms. The highest BCUT2D eigenvalue weighted by molar-refractivity contribution is 5.51. The number of hydrogen-bond acceptors (Lipinski definition) is 2. The monoisotopic (exact) mass is 244 g/mol. The fourth-order valence-corrected chi connectivity index (χ4v) is 3.67. The van der Waals surface area contributed by atoms with Crippen molar-refractivity contribution in [2.24, 2.45) is 5.73 Å². The maximum atomic E-state index is 6.09. The summed E-state index contributed by atoms with van der Waals surface area (Å²) in [4.78, 5) is 2.52. The van der Waals surface area contributed by atoms with Crippen LogP contribution in [0, 0.1) is 0 Å². The number of rotatable bonds is 3. The molecule has 2 heteroatoms. The molecule has 98 valence electrons. The Labute approximate surface area is 110 Å². The van der Waals surface area contributed by atoms with Crippen LogP contribution in [-0.4, -0.2) is 19.6 Å². The van der Waals surface area contributed by atoms with Gasteiger partial charge in [-0.2, -0.15) is 0 Å². The predicted molar refractivity (Wildman–Crippen MR) is 77.1 cm³/mol. The molecule has 1 aromatic rings. The molecule has 0 spiro atoms. The summed E-state index contributed by atoms with van der Waals surface area (Å²) in [6, 6.07) is 9.17. The minimum Gasteiger partial charge on any atom is -0.372 e. The van der Waals surface area contributed by atoms with Gasteiger partial charge in [-0.1, -0.05) is 25.0 Å². The van der Waals surface area contributed by atoms with Crippen molar-refractivity contribution in [2.75, 3.05) is 24.5 Å². The smallest absolute Gasteiger partial charge is 0.0369 e. The van der Waals surface area contributed by atoms with Crippen molar-refractivity contribution in [2.45, 2.75) is 43.9 Å². The highest BCUT2D eigenvalue weighted by Gasteiger charge is 2.34. The zero-order valence-electron chi connectivity index (χ0n) is 11.2. The standard InChI is InChI=1S/C16H24N2/c17-13-16(8-1-2-9-16)14-6-5-7-15(12-14)18-10-3-4-11-18/h5-7,12H,1-4,8-11,13,17H2. The lowest BCUT2D eigenvalue weighted by Crippen LogP contribution is -2.32. The fourth-order valence-electron chi connectivity index (χ4n) is 3.67. The second kappa shape index (κ2) is 4.93. The maximum absolute atomic E-state index is 6.09. The molecule has 1 saturated heterocycles. The third-order valence-corrected chi connectivity index (χ3v) is 4.88. The second-order valence-electron chi connectivity index (χ2n) is 5.94. The van der Waals surface area contributed by atoms with Gasteiger partial charge >= 0.3 is 0 Å². The van der Waals surface area contributed by atoms with Gasteiger partial charge in [-0.05, 0) is 43.4 Å². The summed E-state index contributed by atoms with van der Waals surface area (Å²) < 4.78 is 0. The summed E-state index contributed by atoms with van der Waals surface area (Å²) in [6.45, 7) is 3.24. The van der Waals surface area contributed by atoms with Crippen LogP contribution in [0.4, 0.5) is 5.69 Å². The second-order valence-corrected chi connectivity index (χ2v) is 5.94. The predicted octanol–water partition coefficient (Wildman–Crippen LogP) is 3.06. The average molecular weight is 244 g/mol. The maximum Gasteiger partial charge on any atom is 0.0369 e. The highest BCUT2D eigenvalue weighted by Crippen LogP contribution is 2.41. The Morgan fingerprint density at radius 3 is 2.44 bits per heavy atom. The zero-order valence-corrected chi connectivity index (χ0v) is 11.2. The molecule has 0 atom stereocenters. The summed E-state index contributed by atoms with van der Waals surface area (Å²) in [7, 11) is 0. The molecule has 0 bridgehead atoms. The molecule has 1 heterocycles. The van der Waals surface area contributed by atoms with Crippen LogP contribution in [0.1, 0.15) is 44.1 Å². The highest BCUT2D eigenvalue weighted by atomic mass is 15.1. The van der Waals surface area contributed by atoms with Crippen molar-refractivity contribution in [3.8, 4) is 0 Å². The SMILES string of the molecule is NCC1(c2cccc(N3CCCC3)c2)CCCC1. The van der Waals surface area contributed by atoms with Crippen LogP contribution >= 0.6 is 0 Å². The van der Waals surface area contributed by atoms with Crippen molar-refractivity contribution in [1.29, 1.82) is 0 Å². The normalized spacial score (nSPS) is 22.6. The van der Waals surface area contributed by atoms with E-state index in [1.807, 2.05) is 0 Å². The molecule has 0 amide bonds. The molecule has 2 fully saturated rings. The zero-order chi connectivity index (χ0) is 12.4. The van der Waals surface area contributed by atoms with Gasteiger partial charge in [0.25, 0.3) is 0 Å². The van der Waals surface area contributed by atoms with Crippen LogP contribution in [0.2, 0.25) is 0 Å². The third-order valence-electron chi connectivity index (χ3n) is 4.88. The molecule has 1 saturated carbocycles. The summed E-state index contributed by atoms with van der Waals surface area (Å²) in [5.41, 5.74) is 9.25. The molecule has 0 radical (unpaired) electrons. The first-order chi connectivity index (χ1) is 8.84. The molecular formula is C16H24N2. The lowest BCUT2D eigenvalue weighted by Gasteiger charge is -2.29. The Hall–Kier alpha value is -1.02. The van der Waals surface area contributed by atoms with Gasteiger partial charge in [0, 0.05) is 30.7 Å². The molecular weight excluding hydrogens is 220 g/mol. The summed E-state index contributed by atoms with van der Waals surface area (Å²) >= 11 is 0. The van der Waals surface area contributed by atoms with Gasteiger partial charge in [0.05, 0.1) is 0 Å². The van der Waals surface area contributed by atoms with E-state index in [2.05, 4.69) is 29.2 Å². The van der Waals surface area contributed by atoms with Crippen LogP contribution < -0.4 is 10.6 Å². The minimum atomic E-state index is 0.274. The first kappa shape index (κ1) is 12.0. The quantitative estimate of drug-likeness (QED) is 0.885. The first-order valence-corrected chi connectivity index (χ1v) is 7.40. The van der Waals surface area contributed by atoms with Crippen molar-refractivity contribution < 1.29 is 0 Å². The molecule has 1 aliphatic carbocycles. The van der Waals surface area contributed by atoms with Crippen molar-refractivity contribution in [1.82, 2.24) is 0 Å². The van der Waals surface area contributed by atoms with Crippen molar-refractivity contribution >= 4 is 5.69 Å². The van der Waals surface area contributed by atoms with Crippen LogP contribution in [-0.2, 0) is 5.41 Å². The minimum absolute atomic E-state index is 0.274.